The fourth-order valence-corrected chi connectivity index (χ4v) is 2.33. The molecule has 0 radical (unpaired) electrons. The van der Waals surface area contributed by atoms with E-state index < -0.39 is 0 Å². The van der Waals surface area contributed by atoms with E-state index in [9.17, 15) is 9.59 Å². The third-order valence-corrected chi connectivity index (χ3v) is 3.36. The maximum atomic E-state index is 12.0. The first kappa shape index (κ1) is 12.8. The molecule has 5 heteroatoms. The first-order valence-corrected chi connectivity index (χ1v) is 6.53. The molecule has 0 aromatic carbocycles. The Hall–Kier alpha value is -1.65. The van der Waals surface area contributed by atoms with Gasteiger partial charge in [-0.1, -0.05) is 25.7 Å². The first-order valence-electron chi connectivity index (χ1n) is 6.53. The van der Waals surface area contributed by atoms with Crippen molar-refractivity contribution in [2.45, 2.75) is 51.5 Å². The van der Waals surface area contributed by atoms with Gasteiger partial charge in [-0.3, -0.25) is 9.59 Å². The Morgan fingerprint density at radius 1 is 1.33 bits per heavy atom. The number of hydrogen-bond donors (Lipinski definition) is 2. The molecular formula is C13H19N3O2. The molecule has 5 nitrogen and oxygen atoms in total. The highest BCUT2D eigenvalue weighted by Crippen LogP contribution is 2.17. The summed E-state index contributed by atoms with van der Waals surface area (Å²) in [6.45, 7) is 1.69. The molecular weight excluding hydrogens is 230 g/mol. The smallest absolute Gasteiger partial charge is 0.263 e. The summed E-state index contributed by atoms with van der Waals surface area (Å²) in [6.07, 6.45) is 8.12. The van der Waals surface area contributed by atoms with Crippen molar-refractivity contribution < 1.29 is 4.79 Å². The van der Waals surface area contributed by atoms with E-state index in [0.717, 1.165) is 25.7 Å². The minimum absolute atomic E-state index is 0.102. The molecule has 0 atom stereocenters. The lowest BCUT2D eigenvalue weighted by Crippen LogP contribution is -2.37. The molecule has 0 aliphatic heterocycles. The topological polar surface area (TPSA) is 74.8 Å². The number of aromatic nitrogens is 2. The number of amides is 1. The molecule has 1 fully saturated rings. The summed E-state index contributed by atoms with van der Waals surface area (Å²) in [5, 5.41) is 2.94. The highest BCUT2D eigenvalue weighted by atomic mass is 16.2. The van der Waals surface area contributed by atoms with Crippen LogP contribution in [0.4, 0.5) is 0 Å². The summed E-state index contributed by atoms with van der Waals surface area (Å²) in [6, 6.07) is 0.195. The van der Waals surface area contributed by atoms with E-state index in [1.165, 1.54) is 19.0 Å². The molecule has 0 saturated heterocycles. The third-order valence-electron chi connectivity index (χ3n) is 3.36. The quantitative estimate of drug-likeness (QED) is 0.780. The molecule has 1 heterocycles. The van der Waals surface area contributed by atoms with Gasteiger partial charge in [-0.15, -0.1) is 0 Å². The van der Waals surface area contributed by atoms with E-state index in [4.69, 9.17) is 0 Å². The van der Waals surface area contributed by atoms with Crippen molar-refractivity contribution in [1.29, 1.82) is 0 Å². The molecule has 1 aliphatic rings. The van der Waals surface area contributed by atoms with Crippen LogP contribution >= 0.6 is 0 Å². The number of carbonyl (C=O) groups is 1. The monoisotopic (exact) mass is 249 g/mol. The molecule has 1 aromatic rings. The number of aryl methyl sites for hydroxylation is 1. The minimum Gasteiger partial charge on any atom is -0.349 e. The normalized spacial score (nSPS) is 17.2. The fourth-order valence-electron chi connectivity index (χ4n) is 2.33. The largest absolute Gasteiger partial charge is 0.349 e. The van der Waals surface area contributed by atoms with Gasteiger partial charge in [0, 0.05) is 12.2 Å². The van der Waals surface area contributed by atoms with E-state index in [2.05, 4.69) is 15.3 Å². The third kappa shape index (κ3) is 3.18. The maximum absolute atomic E-state index is 12.0. The Morgan fingerprint density at radius 2 is 2.00 bits per heavy atom. The summed E-state index contributed by atoms with van der Waals surface area (Å²) in [5.74, 6) is 0.210. The number of rotatable bonds is 2. The number of nitrogens with one attached hydrogen (secondary N) is 2. The molecule has 1 saturated carbocycles. The SMILES string of the molecule is Cc1ncc(C(=O)NC2CCCCCC2)c(=O)[nH]1. The van der Waals surface area contributed by atoms with Crippen LogP contribution in [0.3, 0.4) is 0 Å². The zero-order valence-corrected chi connectivity index (χ0v) is 10.7. The number of nitrogens with zero attached hydrogens (tertiary/aromatic N) is 1. The van der Waals surface area contributed by atoms with Gasteiger partial charge in [0.2, 0.25) is 0 Å². The minimum atomic E-state index is -0.367. The zero-order chi connectivity index (χ0) is 13.0. The summed E-state index contributed by atoms with van der Waals surface area (Å²) in [7, 11) is 0. The summed E-state index contributed by atoms with van der Waals surface area (Å²) >= 11 is 0. The molecule has 0 bridgehead atoms. The van der Waals surface area contributed by atoms with E-state index in [0.29, 0.717) is 5.82 Å². The highest BCUT2D eigenvalue weighted by Gasteiger charge is 2.17. The summed E-state index contributed by atoms with van der Waals surface area (Å²) < 4.78 is 0. The van der Waals surface area contributed by atoms with Gasteiger partial charge in [0.1, 0.15) is 11.4 Å². The summed E-state index contributed by atoms with van der Waals surface area (Å²) in [4.78, 5) is 30.1. The van der Waals surface area contributed by atoms with Crippen molar-refractivity contribution in [3.05, 3.63) is 27.9 Å². The van der Waals surface area contributed by atoms with Crippen molar-refractivity contribution >= 4 is 5.91 Å². The van der Waals surface area contributed by atoms with Crippen molar-refractivity contribution in [2.75, 3.05) is 0 Å². The van der Waals surface area contributed by atoms with Gasteiger partial charge in [0.05, 0.1) is 0 Å². The molecule has 18 heavy (non-hydrogen) atoms. The van der Waals surface area contributed by atoms with Crippen molar-refractivity contribution in [2.24, 2.45) is 0 Å². The van der Waals surface area contributed by atoms with E-state index in [1.807, 2.05) is 0 Å². The molecule has 1 aliphatic carbocycles. The summed E-state index contributed by atoms with van der Waals surface area (Å²) in [5.41, 5.74) is -0.265. The molecule has 0 spiro atoms. The molecule has 2 rings (SSSR count). The molecule has 1 amide bonds. The van der Waals surface area contributed by atoms with Gasteiger partial charge in [-0.25, -0.2) is 4.98 Å². The second-order valence-electron chi connectivity index (χ2n) is 4.87. The van der Waals surface area contributed by atoms with Gasteiger partial charge < -0.3 is 10.3 Å². The molecule has 1 aromatic heterocycles. The van der Waals surface area contributed by atoms with Gasteiger partial charge in [0.25, 0.3) is 11.5 Å². The lowest BCUT2D eigenvalue weighted by molar-refractivity contribution is 0.0931. The van der Waals surface area contributed by atoms with E-state index in [-0.39, 0.29) is 23.1 Å². The zero-order valence-electron chi connectivity index (χ0n) is 10.7. The predicted octanol–water partition coefficient (Wildman–Crippen LogP) is 1.53. The second-order valence-corrected chi connectivity index (χ2v) is 4.87. The lowest BCUT2D eigenvalue weighted by atomic mass is 10.1. The van der Waals surface area contributed by atoms with Crippen LogP contribution in [0.2, 0.25) is 0 Å². The number of hydrogen-bond acceptors (Lipinski definition) is 3. The first-order chi connectivity index (χ1) is 8.66. The lowest BCUT2D eigenvalue weighted by Gasteiger charge is -2.15. The predicted molar refractivity (Wildman–Crippen MR) is 68.6 cm³/mol. The van der Waals surface area contributed by atoms with E-state index in [1.54, 1.807) is 6.92 Å². The highest BCUT2D eigenvalue weighted by molar-refractivity contribution is 5.93. The molecule has 98 valence electrons. The van der Waals surface area contributed by atoms with Gasteiger partial charge in [0.15, 0.2) is 0 Å². The van der Waals surface area contributed by atoms with E-state index >= 15 is 0 Å². The fraction of sp³-hybridized carbons (Fsp3) is 0.615. The van der Waals surface area contributed by atoms with Crippen LogP contribution < -0.4 is 10.9 Å². The second kappa shape index (κ2) is 5.80. The Balaban J connectivity index is 2.04. The van der Waals surface area contributed by atoms with Crippen LogP contribution in [0.5, 0.6) is 0 Å². The average molecular weight is 249 g/mol. The maximum Gasteiger partial charge on any atom is 0.263 e. The van der Waals surface area contributed by atoms with Crippen LogP contribution in [0, 0.1) is 6.92 Å². The standard InChI is InChI=1S/C13H19N3O2/c1-9-14-8-11(12(17)15-9)13(18)16-10-6-4-2-3-5-7-10/h8,10H,2-7H2,1H3,(H,16,18)(H,14,15,17). The van der Waals surface area contributed by atoms with Crippen LogP contribution in [-0.4, -0.2) is 21.9 Å². The van der Waals surface area contributed by atoms with Crippen molar-refractivity contribution in [3.63, 3.8) is 0 Å². The molecule has 2 N–H and O–H groups in total. The van der Waals surface area contributed by atoms with Crippen LogP contribution in [0.25, 0.3) is 0 Å². The average Bonchev–Trinajstić information content (AvgIpc) is 2.57. The number of H-pyrrole nitrogens is 1. The van der Waals surface area contributed by atoms with Crippen molar-refractivity contribution in [1.82, 2.24) is 15.3 Å². The van der Waals surface area contributed by atoms with Crippen LogP contribution in [0.15, 0.2) is 11.0 Å². The van der Waals surface area contributed by atoms with Crippen molar-refractivity contribution in [3.8, 4) is 0 Å². The van der Waals surface area contributed by atoms with Crippen LogP contribution in [-0.2, 0) is 0 Å². The van der Waals surface area contributed by atoms with Gasteiger partial charge in [-0.05, 0) is 19.8 Å². The Bertz CT molecular complexity index is 473. The Morgan fingerprint density at radius 3 is 2.61 bits per heavy atom. The molecule has 0 unspecified atom stereocenters. The Kier molecular flexibility index (Phi) is 4.12. The Labute approximate surface area is 106 Å². The van der Waals surface area contributed by atoms with Gasteiger partial charge in [-0.2, -0.15) is 0 Å². The number of aromatic amines is 1. The number of carbonyl (C=O) groups excluding carboxylic acids is 1. The van der Waals surface area contributed by atoms with Gasteiger partial charge >= 0.3 is 0 Å². The van der Waals surface area contributed by atoms with Crippen LogP contribution in [0.1, 0.15) is 54.7 Å².